The second-order valence-corrected chi connectivity index (χ2v) is 7.73. The van der Waals surface area contributed by atoms with Crippen molar-refractivity contribution in [2.75, 3.05) is 6.54 Å². The molecule has 5 nitrogen and oxygen atoms in total. The van der Waals surface area contributed by atoms with Gasteiger partial charge in [0.1, 0.15) is 11.9 Å². The first-order valence-corrected chi connectivity index (χ1v) is 10.2. The fourth-order valence-electron chi connectivity index (χ4n) is 3.60. The number of carbonyl (C=O) groups excluding carboxylic acids is 2. The molecule has 4 rings (SSSR count). The van der Waals surface area contributed by atoms with Crippen molar-refractivity contribution < 1.29 is 14.0 Å². The first kappa shape index (κ1) is 20.2. The van der Waals surface area contributed by atoms with Crippen LogP contribution in [-0.4, -0.2) is 29.4 Å². The summed E-state index contributed by atoms with van der Waals surface area (Å²) in [5.74, 6) is -0.592. The van der Waals surface area contributed by atoms with Gasteiger partial charge >= 0.3 is 0 Å². The molecule has 154 valence electrons. The second-order valence-electron chi connectivity index (χ2n) is 7.30. The van der Waals surface area contributed by atoms with Crippen LogP contribution in [-0.2, 0) is 16.0 Å². The molecule has 1 fully saturated rings. The van der Waals surface area contributed by atoms with E-state index in [9.17, 15) is 14.0 Å². The Morgan fingerprint density at radius 2 is 1.80 bits per heavy atom. The minimum Gasteiger partial charge on any atom is -0.354 e. The van der Waals surface area contributed by atoms with E-state index in [4.69, 9.17) is 11.6 Å². The predicted octanol–water partition coefficient (Wildman–Crippen LogP) is 4.08. The van der Waals surface area contributed by atoms with Crippen LogP contribution in [0.2, 0.25) is 5.02 Å². The van der Waals surface area contributed by atoms with Crippen LogP contribution < -0.4 is 10.6 Å². The molecular formula is C23H21ClFN3O2. The number of hydrogen-bond acceptors (Lipinski definition) is 2. The Bertz CT molecular complexity index is 1060. The van der Waals surface area contributed by atoms with Crippen LogP contribution in [0.1, 0.15) is 18.4 Å². The molecule has 7 heteroatoms. The number of aromatic nitrogens is 1. The summed E-state index contributed by atoms with van der Waals surface area (Å²) in [6, 6.07) is 15.2. The largest absolute Gasteiger partial charge is 0.354 e. The molecule has 0 saturated carbocycles. The van der Waals surface area contributed by atoms with Crippen LogP contribution in [0.25, 0.3) is 22.5 Å². The number of carbonyl (C=O) groups is 2. The normalized spacial score (nSPS) is 15.8. The maximum Gasteiger partial charge on any atom is 0.242 e. The highest BCUT2D eigenvalue weighted by atomic mass is 35.5. The highest BCUT2D eigenvalue weighted by Gasteiger charge is 2.25. The van der Waals surface area contributed by atoms with Crippen molar-refractivity contribution in [1.82, 2.24) is 15.6 Å². The van der Waals surface area contributed by atoms with Gasteiger partial charge < -0.3 is 15.6 Å². The number of benzene rings is 2. The minimum absolute atomic E-state index is 0.134. The van der Waals surface area contributed by atoms with Gasteiger partial charge in [0.2, 0.25) is 11.8 Å². The molecular weight excluding hydrogens is 405 g/mol. The summed E-state index contributed by atoms with van der Waals surface area (Å²) in [5, 5.41) is 6.14. The van der Waals surface area contributed by atoms with Crippen molar-refractivity contribution >= 4 is 23.4 Å². The summed E-state index contributed by atoms with van der Waals surface area (Å²) in [6.07, 6.45) is 1.36. The van der Waals surface area contributed by atoms with E-state index in [0.717, 1.165) is 28.1 Å². The lowest BCUT2D eigenvalue weighted by Gasteiger charge is -2.10. The van der Waals surface area contributed by atoms with Crippen molar-refractivity contribution in [3.8, 4) is 22.5 Å². The monoisotopic (exact) mass is 425 g/mol. The number of aromatic amines is 1. The Hall–Kier alpha value is -3.12. The molecule has 1 atom stereocenters. The Kier molecular flexibility index (Phi) is 5.86. The van der Waals surface area contributed by atoms with E-state index in [1.165, 1.54) is 12.1 Å². The van der Waals surface area contributed by atoms with Gasteiger partial charge in [0.25, 0.3) is 0 Å². The lowest BCUT2D eigenvalue weighted by Crippen LogP contribution is -2.40. The van der Waals surface area contributed by atoms with E-state index in [0.29, 0.717) is 24.4 Å². The van der Waals surface area contributed by atoms with E-state index >= 15 is 0 Å². The van der Waals surface area contributed by atoms with Crippen LogP contribution in [0.3, 0.4) is 0 Å². The van der Waals surface area contributed by atoms with Crippen molar-refractivity contribution in [2.45, 2.75) is 25.3 Å². The lowest BCUT2D eigenvalue weighted by molar-refractivity contribution is -0.127. The van der Waals surface area contributed by atoms with Gasteiger partial charge in [0.15, 0.2) is 0 Å². The molecule has 0 spiro atoms. The number of amides is 2. The van der Waals surface area contributed by atoms with E-state index < -0.39 is 6.04 Å². The van der Waals surface area contributed by atoms with Crippen molar-refractivity contribution in [2.24, 2.45) is 0 Å². The number of hydrogen-bond donors (Lipinski definition) is 3. The number of nitrogens with one attached hydrogen (secondary N) is 3. The highest BCUT2D eigenvalue weighted by molar-refractivity contribution is 6.30. The van der Waals surface area contributed by atoms with Crippen LogP contribution in [0, 0.1) is 5.82 Å². The quantitative estimate of drug-likeness (QED) is 0.556. The maximum atomic E-state index is 13.3. The van der Waals surface area contributed by atoms with Crippen molar-refractivity contribution in [1.29, 1.82) is 0 Å². The molecule has 2 amide bonds. The molecule has 2 heterocycles. The Morgan fingerprint density at radius 1 is 1.10 bits per heavy atom. The average molecular weight is 426 g/mol. The summed E-state index contributed by atoms with van der Waals surface area (Å²) in [4.78, 5) is 27.4. The van der Waals surface area contributed by atoms with Gasteiger partial charge in [-0.15, -0.1) is 0 Å². The molecule has 0 aliphatic carbocycles. The molecule has 0 radical (unpaired) electrons. The lowest BCUT2D eigenvalue weighted by atomic mass is 10.0. The Labute approximate surface area is 178 Å². The van der Waals surface area contributed by atoms with Gasteiger partial charge in [-0.1, -0.05) is 23.7 Å². The average Bonchev–Trinajstić information content (AvgIpc) is 3.34. The molecule has 1 aliphatic rings. The Morgan fingerprint density at radius 3 is 2.47 bits per heavy atom. The molecule has 1 saturated heterocycles. The third-order valence-electron chi connectivity index (χ3n) is 5.19. The predicted molar refractivity (Wildman–Crippen MR) is 115 cm³/mol. The van der Waals surface area contributed by atoms with Gasteiger partial charge in [0, 0.05) is 29.4 Å². The topological polar surface area (TPSA) is 74.0 Å². The standard InChI is InChI=1S/C23H21ClFN3O2/c24-17-6-1-15(2-7-17)22-16(5-10-21(29)27-19-11-12-26-23(19)30)13-20(28-22)14-3-8-18(25)9-4-14/h1-4,6-9,13,19,28H,5,10-12H2,(H,26,30)(H,27,29). The summed E-state index contributed by atoms with van der Waals surface area (Å²) in [7, 11) is 0. The fourth-order valence-corrected chi connectivity index (χ4v) is 3.73. The summed E-state index contributed by atoms with van der Waals surface area (Å²) >= 11 is 6.02. The molecule has 3 aromatic rings. The highest BCUT2D eigenvalue weighted by Crippen LogP contribution is 2.30. The van der Waals surface area contributed by atoms with E-state index in [1.807, 2.05) is 30.3 Å². The third-order valence-corrected chi connectivity index (χ3v) is 5.44. The van der Waals surface area contributed by atoms with Crippen molar-refractivity contribution in [3.05, 3.63) is 71.0 Å². The molecule has 1 aliphatic heterocycles. The molecule has 1 unspecified atom stereocenters. The molecule has 1 aromatic heterocycles. The molecule has 3 N–H and O–H groups in total. The summed E-state index contributed by atoms with van der Waals surface area (Å²) < 4.78 is 13.3. The number of H-pyrrole nitrogens is 1. The van der Waals surface area contributed by atoms with E-state index in [1.54, 1.807) is 12.1 Å². The number of aryl methyl sites for hydroxylation is 1. The minimum atomic E-state index is -0.450. The number of halogens is 2. The van der Waals surface area contributed by atoms with Crippen LogP contribution in [0.5, 0.6) is 0 Å². The van der Waals surface area contributed by atoms with Gasteiger partial charge in [0.05, 0.1) is 0 Å². The van der Waals surface area contributed by atoms with E-state index in [-0.39, 0.29) is 24.1 Å². The zero-order chi connectivity index (χ0) is 21.1. The van der Waals surface area contributed by atoms with E-state index in [2.05, 4.69) is 15.6 Å². The SMILES string of the molecule is O=C(CCc1cc(-c2ccc(F)cc2)[nH]c1-c1ccc(Cl)cc1)NC1CCNC1=O. The summed E-state index contributed by atoms with van der Waals surface area (Å²) in [6.45, 7) is 0.587. The molecule has 2 aromatic carbocycles. The van der Waals surface area contributed by atoms with Crippen molar-refractivity contribution in [3.63, 3.8) is 0 Å². The zero-order valence-corrected chi connectivity index (χ0v) is 16.9. The zero-order valence-electron chi connectivity index (χ0n) is 16.2. The first-order chi connectivity index (χ1) is 14.5. The van der Waals surface area contributed by atoms with Gasteiger partial charge in [-0.05, 0) is 72.0 Å². The first-order valence-electron chi connectivity index (χ1n) is 9.80. The fraction of sp³-hybridized carbons (Fsp3) is 0.217. The van der Waals surface area contributed by atoms with Crippen LogP contribution in [0.15, 0.2) is 54.6 Å². The summed E-state index contributed by atoms with van der Waals surface area (Å²) in [5.41, 5.74) is 4.48. The Balaban J connectivity index is 1.56. The third kappa shape index (κ3) is 4.54. The second kappa shape index (κ2) is 8.71. The van der Waals surface area contributed by atoms with Gasteiger partial charge in [-0.25, -0.2) is 4.39 Å². The number of rotatable bonds is 6. The van der Waals surface area contributed by atoms with Crippen LogP contribution in [0.4, 0.5) is 4.39 Å². The smallest absolute Gasteiger partial charge is 0.242 e. The maximum absolute atomic E-state index is 13.3. The molecule has 30 heavy (non-hydrogen) atoms. The molecule has 0 bridgehead atoms. The van der Waals surface area contributed by atoms with Crippen LogP contribution >= 0.6 is 11.6 Å². The van der Waals surface area contributed by atoms with Gasteiger partial charge in [-0.2, -0.15) is 0 Å². The van der Waals surface area contributed by atoms with Gasteiger partial charge in [-0.3, -0.25) is 9.59 Å².